The highest BCUT2D eigenvalue weighted by Gasteiger charge is 2.26. The van der Waals surface area contributed by atoms with E-state index < -0.39 is 39.3 Å². The van der Waals surface area contributed by atoms with Gasteiger partial charge in [0.2, 0.25) is 0 Å². The van der Waals surface area contributed by atoms with Gasteiger partial charge in [-0.2, -0.15) is 11.8 Å². The zero-order valence-electron chi connectivity index (χ0n) is 11.4. The molecule has 1 unspecified atom stereocenters. The zero-order chi connectivity index (χ0) is 16.2. The minimum Gasteiger partial charge on any atom is -0.387 e. The Morgan fingerprint density at radius 3 is 2.57 bits per heavy atom. The molecule has 9 heteroatoms. The molecule has 0 aliphatic rings. The minimum atomic E-state index is -1.41. The summed E-state index contributed by atoms with van der Waals surface area (Å²) in [5.41, 5.74) is -2.66. The van der Waals surface area contributed by atoms with Gasteiger partial charge in [-0.25, -0.2) is 8.78 Å². The van der Waals surface area contributed by atoms with Crippen LogP contribution in [0, 0.1) is 21.7 Å². The van der Waals surface area contributed by atoms with Crippen LogP contribution in [0.2, 0.25) is 0 Å². The van der Waals surface area contributed by atoms with Gasteiger partial charge in [-0.05, 0) is 19.2 Å². The maximum Gasteiger partial charge on any atom is 0.285 e. The Morgan fingerprint density at radius 2 is 2.05 bits per heavy atom. The van der Waals surface area contributed by atoms with Gasteiger partial charge in [0, 0.05) is 12.3 Å². The van der Waals surface area contributed by atoms with E-state index in [9.17, 15) is 28.8 Å². The summed E-state index contributed by atoms with van der Waals surface area (Å²) in [6.07, 6.45) is 1.76. The normalized spacial score (nSPS) is 13.6. The molecule has 0 saturated heterocycles. The van der Waals surface area contributed by atoms with Gasteiger partial charge in [-0.15, -0.1) is 0 Å². The van der Waals surface area contributed by atoms with Crippen molar-refractivity contribution in [3.63, 3.8) is 0 Å². The first-order chi connectivity index (χ1) is 9.68. The number of aliphatic hydroxyl groups is 1. The molecule has 116 valence electrons. The third kappa shape index (κ3) is 4.64. The lowest BCUT2D eigenvalue weighted by atomic mass is 10.1. The van der Waals surface area contributed by atoms with E-state index in [-0.39, 0.29) is 6.54 Å². The Hall–Kier alpha value is -1.74. The van der Waals surface area contributed by atoms with Gasteiger partial charge in [-0.1, -0.05) is 0 Å². The van der Waals surface area contributed by atoms with Crippen molar-refractivity contribution < 1.29 is 23.6 Å². The summed E-state index contributed by atoms with van der Waals surface area (Å²) in [6.45, 7) is 1.30. The minimum absolute atomic E-state index is 0.178. The van der Waals surface area contributed by atoms with Crippen LogP contribution in [0.3, 0.4) is 0 Å². The van der Waals surface area contributed by atoms with E-state index in [4.69, 9.17) is 0 Å². The third-order valence-corrected chi connectivity index (χ3v) is 3.48. The number of halogens is 2. The number of thioether (sulfide) groups is 1. The number of nitro benzene ring substituents is 1. The fraction of sp³-hybridized carbons (Fsp3) is 0.417. The summed E-state index contributed by atoms with van der Waals surface area (Å²) in [6, 6.07) is 0.816. The van der Waals surface area contributed by atoms with Gasteiger partial charge in [0.15, 0.2) is 11.6 Å². The molecule has 2 N–H and O–H groups in total. The highest BCUT2D eigenvalue weighted by molar-refractivity contribution is 7.98. The lowest BCUT2D eigenvalue weighted by molar-refractivity contribution is -0.385. The van der Waals surface area contributed by atoms with Crippen molar-refractivity contribution in [3.05, 3.63) is 39.4 Å². The smallest absolute Gasteiger partial charge is 0.285 e. The summed E-state index contributed by atoms with van der Waals surface area (Å²) >= 11 is 1.35. The average Bonchev–Trinajstić information content (AvgIpc) is 2.38. The van der Waals surface area contributed by atoms with Crippen molar-refractivity contribution in [2.24, 2.45) is 0 Å². The van der Waals surface area contributed by atoms with Gasteiger partial charge in [-0.3, -0.25) is 14.9 Å². The highest BCUT2D eigenvalue weighted by atomic mass is 32.2. The molecule has 0 fully saturated rings. The second kappa shape index (κ2) is 6.81. The van der Waals surface area contributed by atoms with Gasteiger partial charge in [0.05, 0.1) is 16.6 Å². The van der Waals surface area contributed by atoms with Gasteiger partial charge >= 0.3 is 0 Å². The monoisotopic (exact) mass is 320 g/mol. The fourth-order valence-electron chi connectivity index (χ4n) is 1.60. The molecule has 0 radical (unpaired) electrons. The topological polar surface area (TPSA) is 92.5 Å². The summed E-state index contributed by atoms with van der Waals surface area (Å²) in [4.78, 5) is 21.7. The van der Waals surface area contributed by atoms with E-state index >= 15 is 0 Å². The van der Waals surface area contributed by atoms with Gasteiger partial charge in [0.1, 0.15) is 5.56 Å². The Kier molecular flexibility index (Phi) is 5.62. The first-order valence-corrected chi connectivity index (χ1v) is 7.20. The number of hydrogen-bond acceptors (Lipinski definition) is 5. The number of rotatable bonds is 6. The zero-order valence-corrected chi connectivity index (χ0v) is 12.2. The second-order valence-corrected chi connectivity index (χ2v) is 5.52. The van der Waals surface area contributed by atoms with Crippen LogP contribution in [0.4, 0.5) is 14.5 Å². The molecule has 0 aromatic heterocycles. The molecule has 0 bridgehead atoms. The largest absolute Gasteiger partial charge is 0.387 e. The van der Waals surface area contributed by atoms with Crippen molar-refractivity contribution in [2.75, 3.05) is 18.6 Å². The van der Waals surface area contributed by atoms with Crippen LogP contribution in [0.25, 0.3) is 0 Å². The second-order valence-electron chi connectivity index (χ2n) is 4.65. The molecule has 1 atom stereocenters. The number of amides is 1. The van der Waals surface area contributed by atoms with E-state index in [1.54, 1.807) is 6.26 Å². The maximum absolute atomic E-state index is 13.1. The third-order valence-electron chi connectivity index (χ3n) is 2.57. The molecule has 1 aromatic rings. The van der Waals surface area contributed by atoms with Crippen molar-refractivity contribution in [1.29, 1.82) is 0 Å². The Morgan fingerprint density at radius 1 is 1.48 bits per heavy atom. The van der Waals surface area contributed by atoms with Crippen LogP contribution in [-0.4, -0.2) is 40.1 Å². The molecule has 0 aliphatic heterocycles. The Balaban J connectivity index is 2.97. The predicted molar refractivity (Wildman–Crippen MR) is 74.4 cm³/mol. The van der Waals surface area contributed by atoms with Gasteiger partial charge in [0.25, 0.3) is 11.6 Å². The predicted octanol–water partition coefficient (Wildman–Crippen LogP) is 1.72. The molecule has 6 nitrogen and oxygen atoms in total. The van der Waals surface area contributed by atoms with Crippen LogP contribution in [-0.2, 0) is 0 Å². The molecule has 0 aliphatic carbocycles. The van der Waals surface area contributed by atoms with Gasteiger partial charge < -0.3 is 10.4 Å². The standard InChI is InChI=1S/C12H14F2N2O4S/c1-12(18,6-21-2)5-15-11(17)7-3-8(13)9(14)4-10(7)16(19)20/h3-4,18H,5-6H2,1-2H3,(H,15,17). The van der Waals surface area contributed by atoms with Crippen LogP contribution >= 0.6 is 11.8 Å². The molecule has 0 heterocycles. The molecule has 1 rings (SSSR count). The summed E-state index contributed by atoms with van der Waals surface area (Å²) in [5, 5.41) is 22.9. The summed E-state index contributed by atoms with van der Waals surface area (Å²) in [7, 11) is 0. The van der Waals surface area contributed by atoms with Crippen LogP contribution in [0.1, 0.15) is 17.3 Å². The number of nitrogens with zero attached hydrogens (tertiary/aromatic N) is 1. The van der Waals surface area contributed by atoms with Crippen molar-refractivity contribution in [1.82, 2.24) is 5.32 Å². The van der Waals surface area contributed by atoms with Crippen molar-refractivity contribution >= 4 is 23.4 Å². The molecule has 0 saturated carbocycles. The van der Waals surface area contributed by atoms with Crippen molar-refractivity contribution in [2.45, 2.75) is 12.5 Å². The number of nitro groups is 1. The van der Waals surface area contributed by atoms with Crippen LogP contribution < -0.4 is 5.32 Å². The average molecular weight is 320 g/mol. The lowest BCUT2D eigenvalue weighted by Crippen LogP contribution is -2.42. The Bertz CT molecular complexity index is 566. The van der Waals surface area contributed by atoms with Crippen molar-refractivity contribution in [3.8, 4) is 0 Å². The molecule has 21 heavy (non-hydrogen) atoms. The first-order valence-electron chi connectivity index (χ1n) is 5.81. The molecular weight excluding hydrogens is 306 g/mol. The molecule has 1 amide bonds. The van der Waals surface area contributed by atoms with E-state index in [0.717, 1.165) is 0 Å². The summed E-state index contributed by atoms with van der Waals surface area (Å²) < 4.78 is 26.2. The number of benzene rings is 1. The fourth-order valence-corrected chi connectivity index (χ4v) is 2.32. The molecule has 0 spiro atoms. The summed E-state index contributed by atoms with van der Waals surface area (Å²) in [5.74, 6) is -3.40. The van der Waals surface area contributed by atoms with Crippen LogP contribution in [0.5, 0.6) is 0 Å². The van der Waals surface area contributed by atoms with E-state index in [1.807, 2.05) is 0 Å². The number of carbonyl (C=O) groups is 1. The van der Waals surface area contributed by atoms with E-state index in [2.05, 4.69) is 5.32 Å². The SMILES string of the molecule is CSCC(C)(O)CNC(=O)c1cc(F)c(F)cc1[N+](=O)[O-]. The molecule has 1 aromatic carbocycles. The first kappa shape index (κ1) is 17.3. The number of carbonyl (C=O) groups excluding carboxylic acids is 1. The Labute approximate surface area is 123 Å². The van der Waals surface area contributed by atoms with Crippen LogP contribution in [0.15, 0.2) is 12.1 Å². The maximum atomic E-state index is 13.1. The number of nitrogens with one attached hydrogen (secondary N) is 1. The van der Waals surface area contributed by atoms with E-state index in [1.165, 1.54) is 18.7 Å². The number of hydrogen-bond donors (Lipinski definition) is 2. The molecular formula is C12H14F2N2O4S. The quantitative estimate of drug-likeness (QED) is 0.615. The van der Waals surface area contributed by atoms with E-state index in [0.29, 0.717) is 17.9 Å². The lowest BCUT2D eigenvalue weighted by Gasteiger charge is -2.22. The highest BCUT2D eigenvalue weighted by Crippen LogP contribution is 2.22.